The predicted octanol–water partition coefficient (Wildman–Crippen LogP) is -2.63. The van der Waals surface area contributed by atoms with Gasteiger partial charge in [0.1, 0.15) is 53.8 Å². The van der Waals surface area contributed by atoms with Crippen LogP contribution in [0.25, 0.3) is 0 Å². The zero-order chi connectivity index (χ0) is 53.2. The van der Waals surface area contributed by atoms with E-state index in [-0.39, 0.29) is 56.1 Å². The van der Waals surface area contributed by atoms with Crippen molar-refractivity contribution in [3.8, 4) is 5.75 Å². The highest BCUT2D eigenvalue weighted by molar-refractivity contribution is 7.91. The lowest BCUT2D eigenvalue weighted by Gasteiger charge is -2.38. The van der Waals surface area contributed by atoms with Crippen LogP contribution in [0.5, 0.6) is 5.75 Å². The molecule has 10 amide bonds. The number of phenolic OH excluding ortho intramolecular Hbond substituents is 1. The lowest BCUT2D eigenvalue weighted by atomic mass is 9.96. The number of carbonyl (C=O) groups is 11. The van der Waals surface area contributed by atoms with Gasteiger partial charge in [0.2, 0.25) is 59.1 Å². The lowest BCUT2D eigenvalue weighted by molar-refractivity contribution is -0.146. The Morgan fingerprint density at radius 3 is 2.04 bits per heavy atom. The Kier molecular flexibility index (Phi) is 22.8. The standard InChI is InChI=1S/C46H70N10O14S/c1-6-26(4)39-45(67)51-30(15-10-27(5)57)41(63)53-34(23-36(47)59)42(64)52-31(16-19-71(69,70)20-17-38(61)50-33(43(65)55-39)22-28-11-13-29(58)14-12-28)46(68)56-18-8-7-9-35(56)44(66)54-32(21-25(2)3)40(62)49-24-37(48)60/h11-14,25-26,30-35,39,58H,6-10,15-24H2,1-5H3,(H2,47,59)(H2,48,60)(H,49,62)(H,50,61)(H,51,67)(H,52,64)(H,53,63)(H,54,66)(H,55,65)/t26-,30-,31-,32-,33-,34-,35-,39-/m0/s1. The van der Waals surface area contributed by atoms with Gasteiger partial charge >= 0.3 is 0 Å². The van der Waals surface area contributed by atoms with Gasteiger partial charge in [-0.25, -0.2) is 8.42 Å². The van der Waals surface area contributed by atoms with E-state index in [9.17, 15) is 66.3 Å². The molecule has 394 valence electrons. The molecule has 3 rings (SSSR count). The molecule has 2 saturated heterocycles. The van der Waals surface area contributed by atoms with Crippen LogP contribution in [0, 0.1) is 11.8 Å². The second-order valence-electron chi connectivity index (χ2n) is 18.6. The molecular weight excluding hydrogens is 949 g/mol. The highest BCUT2D eigenvalue weighted by Crippen LogP contribution is 2.21. The third-order valence-electron chi connectivity index (χ3n) is 12.1. The van der Waals surface area contributed by atoms with Crippen molar-refractivity contribution in [2.24, 2.45) is 23.3 Å². The van der Waals surface area contributed by atoms with E-state index in [0.717, 1.165) is 4.90 Å². The van der Waals surface area contributed by atoms with E-state index in [1.165, 1.54) is 31.2 Å². The molecule has 0 aromatic heterocycles. The van der Waals surface area contributed by atoms with E-state index in [1.54, 1.807) is 27.7 Å². The largest absolute Gasteiger partial charge is 0.508 e. The van der Waals surface area contributed by atoms with Crippen molar-refractivity contribution in [2.75, 3.05) is 24.6 Å². The number of ketones is 1. The second-order valence-corrected chi connectivity index (χ2v) is 20.9. The number of rotatable bonds is 17. The minimum absolute atomic E-state index is 0.0611. The first-order valence-electron chi connectivity index (χ1n) is 23.7. The van der Waals surface area contributed by atoms with Gasteiger partial charge in [-0.15, -0.1) is 0 Å². The number of piperidine rings is 1. The number of nitrogens with two attached hydrogens (primary N) is 2. The summed E-state index contributed by atoms with van der Waals surface area (Å²) >= 11 is 0. The van der Waals surface area contributed by atoms with E-state index in [2.05, 4.69) is 37.2 Å². The highest BCUT2D eigenvalue weighted by Gasteiger charge is 2.40. The Morgan fingerprint density at radius 2 is 1.44 bits per heavy atom. The topological polar surface area (TPSA) is 382 Å². The van der Waals surface area contributed by atoms with Crippen LogP contribution in [0.3, 0.4) is 0 Å². The summed E-state index contributed by atoms with van der Waals surface area (Å²) in [4.78, 5) is 149. The molecule has 1 aromatic rings. The maximum absolute atomic E-state index is 14.7. The van der Waals surface area contributed by atoms with Gasteiger partial charge in [0.15, 0.2) is 9.84 Å². The van der Waals surface area contributed by atoms with Crippen molar-refractivity contribution in [3.63, 3.8) is 0 Å². The fourth-order valence-corrected chi connectivity index (χ4v) is 9.27. The van der Waals surface area contributed by atoms with Crippen LogP contribution in [0.2, 0.25) is 0 Å². The van der Waals surface area contributed by atoms with Crippen molar-refractivity contribution >= 4 is 74.7 Å². The van der Waals surface area contributed by atoms with E-state index in [1.807, 2.05) is 0 Å². The van der Waals surface area contributed by atoms with Crippen LogP contribution in [-0.2, 0) is 69.0 Å². The number of benzene rings is 1. The third-order valence-corrected chi connectivity index (χ3v) is 13.8. The van der Waals surface area contributed by atoms with Crippen LogP contribution in [0.15, 0.2) is 24.3 Å². The molecule has 12 N–H and O–H groups in total. The number of carbonyl (C=O) groups excluding carboxylic acids is 11. The Balaban J connectivity index is 2.12. The number of nitrogens with one attached hydrogen (secondary N) is 7. The Morgan fingerprint density at radius 1 is 0.803 bits per heavy atom. The minimum Gasteiger partial charge on any atom is -0.508 e. The predicted molar refractivity (Wildman–Crippen MR) is 255 cm³/mol. The summed E-state index contributed by atoms with van der Waals surface area (Å²) in [6, 6.07) is -4.65. The Labute approximate surface area is 413 Å². The SMILES string of the molecule is CC[C@H](C)[C@@H]1NC(=O)[C@H](Cc2ccc(O)cc2)NC(=O)CCS(=O)(=O)CC[C@@H](C(=O)N2CCCC[C@H]2C(=O)N[C@@H](CC(C)C)C(=O)NCC(N)=O)NC(=O)[C@H](CC(N)=O)NC(=O)[C@H](CCC(C)=O)NC1=O. The number of Topliss-reactive ketones (excluding diaryl/α,β-unsaturated/α-hetero) is 1. The second kappa shape index (κ2) is 27.7. The summed E-state index contributed by atoms with van der Waals surface area (Å²) < 4.78 is 27.4. The van der Waals surface area contributed by atoms with Crippen molar-refractivity contribution in [1.29, 1.82) is 0 Å². The lowest BCUT2D eigenvalue weighted by Crippen LogP contribution is -2.62. The smallest absolute Gasteiger partial charge is 0.245 e. The van der Waals surface area contributed by atoms with Gasteiger partial charge in [0.25, 0.3) is 0 Å². The first-order chi connectivity index (χ1) is 33.3. The normalized spacial score (nSPS) is 23.8. The fourth-order valence-electron chi connectivity index (χ4n) is 7.97. The molecular formula is C46H70N10O14S. The van der Waals surface area contributed by atoms with Crippen LogP contribution < -0.4 is 48.7 Å². The van der Waals surface area contributed by atoms with Gasteiger partial charge in [-0.05, 0) is 75.0 Å². The summed E-state index contributed by atoms with van der Waals surface area (Å²) in [7, 11) is -4.28. The maximum Gasteiger partial charge on any atom is 0.245 e. The number of amides is 10. The number of nitrogens with zero attached hydrogens (tertiary/aromatic N) is 1. The molecule has 24 nitrogen and oxygen atoms in total. The molecule has 0 radical (unpaired) electrons. The molecule has 1 aromatic carbocycles. The summed E-state index contributed by atoms with van der Waals surface area (Å²) in [5, 5.41) is 27.4. The monoisotopic (exact) mass is 1020 g/mol. The van der Waals surface area contributed by atoms with Crippen molar-refractivity contribution in [1.82, 2.24) is 42.1 Å². The number of likely N-dealkylation sites (tertiary alicyclic amines) is 1. The fraction of sp³-hybridized carbons (Fsp3) is 0.630. The first-order valence-corrected chi connectivity index (χ1v) is 25.6. The average Bonchev–Trinajstić information content (AvgIpc) is 3.30. The number of hydrogen-bond acceptors (Lipinski definition) is 14. The van der Waals surface area contributed by atoms with Crippen LogP contribution in [0.4, 0.5) is 0 Å². The van der Waals surface area contributed by atoms with Gasteiger partial charge in [0, 0.05) is 25.8 Å². The summed E-state index contributed by atoms with van der Waals surface area (Å²) in [6.45, 7) is 7.60. The third kappa shape index (κ3) is 19.6. The number of aromatic hydroxyl groups is 1. The molecule has 2 fully saturated rings. The molecule has 8 atom stereocenters. The average molecular weight is 1020 g/mol. The number of hydrogen-bond donors (Lipinski definition) is 10. The molecule has 0 aliphatic carbocycles. The van der Waals surface area contributed by atoms with E-state index in [0.29, 0.717) is 24.8 Å². The quantitative estimate of drug-likeness (QED) is 0.0764. The van der Waals surface area contributed by atoms with Crippen molar-refractivity contribution in [3.05, 3.63) is 29.8 Å². The molecule has 2 aliphatic heterocycles. The zero-order valence-corrected chi connectivity index (χ0v) is 41.7. The summed E-state index contributed by atoms with van der Waals surface area (Å²) in [6.07, 6.45) is -1.60. The minimum atomic E-state index is -4.28. The van der Waals surface area contributed by atoms with Crippen LogP contribution >= 0.6 is 0 Å². The maximum atomic E-state index is 14.7. The van der Waals surface area contributed by atoms with Crippen molar-refractivity contribution < 1.29 is 66.3 Å². The van der Waals surface area contributed by atoms with E-state index in [4.69, 9.17) is 11.5 Å². The van der Waals surface area contributed by atoms with Gasteiger partial charge in [-0.1, -0.05) is 46.2 Å². The molecule has 0 unspecified atom stereocenters. The number of primary amides is 2. The molecule has 25 heteroatoms. The molecule has 2 aliphatic rings. The Hall–Kier alpha value is -6.66. The molecule has 0 bridgehead atoms. The summed E-state index contributed by atoms with van der Waals surface area (Å²) in [5.41, 5.74) is 11.2. The first kappa shape index (κ1) is 58.7. The molecule has 2 heterocycles. The van der Waals surface area contributed by atoms with Crippen molar-refractivity contribution in [2.45, 2.75) is 148 Å². The highest BCUT2D eigenvalue weighted by atomic mass is 32.2. The number of sulfone groups is 1. The molecule has 71 heavy (non-hydrogen) atoms. The van der Waals surface area contributed by atoms with E-state index < -0.39 is 154 Å². The zero-order valence-electron chi connectivity index (χ0n) is 40.9. The Bertz CT molecular complexity index is 2240. The van der Waals surface area contributed by atoms with Gasteiger partial charge < -0.3 is 63.5 Å². The number of phenols is 1. The van der Waals surface area contributed by atoms with Gasteiger partial charge in [0.05, 0.1) is 24.5 Å². The van der Waals surface area contributed by atoms with Gasteiger partial charge in [-0.2, -0.15) is 0 Å². The van der Waals surface area contributed by atoms with E-state index >= 15 is 0 Å². The van der Waals surface area contributed by atoms with Crippen LogP contribution in [-0.4, -0.2) is 150 Å². The van der Waals surface area contributed by atoms with Crippen LogP contribution in [0.1, 0.15) is 104 Å². The molecule has 0 spiro atoms. The summed E-state index contributed by atoms with van der Waals surface area (Å²) in [5.74, 6) is -12.1. The van der Waals surface area contributed by atoms with Gasteiger partial charge in [-0.3, -0.25) is 47.9 Å². The molecule has 0 saturated carbocycles.